The van der Waals surface area contributed by atoms with E-state index in [2.05, 4.69) is 26.9 Å². The second kappa shape index (κ2) is 21.1. The third-order valence-corrected chi connectivity index (χ3v) is 13.5. The standard InChI is InChI=1S/C50H55N5O11S/c1-3-52(26-29-65-38-9-11-39(12-10-38)66-47-41(15-6-35-32-37(56)8-17-42(35)47)34-4-13-40(14-5-34)67(2,61)62)24-27-63-30-31-64-28-25-53-20-22-54(23-21-53)36-7-16-43-44(33-36)50(60)55(49(43)59)45-18-19-46(57)51-48(45)58/h4-17,32-33,45,56H,3,18-31H2,1-2H3,(H,51,57,58). The molecule has 5 aromatic carbocycles. The van der Waals surface area contributed by atoms with Gasteiger partial charge in [0.25, 0.3) is 11.8 Å². The zero-order valence-corrected chi connectivity index (χ0v) is 38.5. The van der Waals surface area contributed by atoms with Crippen molar-refractivity contribution in [3.63, 3.8) is 0 Å². The number of nitrogens with one attached hydrogen (secondary N) is 1. The fraction of sp³-hybridized carbons (Fsp3) is 0.360. The van der Waals surface area contributed by atoms with Crippen LogP contribution in [-0.4, -0.2) is 150 Å². The van der Waals surface area contributed by atoms with E-state index < -0.39 is 39.5 Å². The number of anilines is 1. The van der Waals surface area contributed by atoms with Gasteiger partial charge >= 0.3 is 0 Å². The SMILES string of the molecule is CCN(CCOCCOCCN1CCN(c2ccc3c(c2)C(=O)N(C2CCC(=O)NC2=O)C3=O)CC1)CCOc1ccc(Oc2c(-c3ccc(S(C)(=O)=O)cc3)ccc3cc(O)ccc23)cc1. The molecule has 5 aromatic rings. The number of carbonyl (C=O) groups is 4. The van der Waals surface area contributed by atoms with Crippen LogP contribution in [0, 0.1) is 0 Å². The van der Waals surface area contributed by atoms with Gasteiger partial charge in [-0.25, -0.2) is 8.42 Å². The zero-order valence-electron chi connectivity index (χ0n) is 37.6. The molecule has 1 unspecified atom stereocenters. The Hall–Kier alpha value is -6.37. The highest BCUT2D eigenvalue weighted by Gasteiger charge is 2.44. The van der Waals surface area contributed by atoms with E-state index in [0.29, 0.717) is 50.3 Å². The smallest absolute Gasteiger partial charge is 0.262 e. The van der Waals surface area contributed by atoms with Crippen LogP contribution in [0.4, 0.5) is 5.69 Å². The molecule has 0 radical (unpaired) electrons. The van der Waals surface area contributed by atoms with Gasteiger partial charge < -0.3 is 29.0 Å². The topological polar surface area (TPSA) is 185 Å². The molecule has 1 atom stereocenters. The summed E-state index contributed by atoms with van der Waals surface area (Å²) in [5.41, 5.74) is 2.98. The van der Waals surface area contributed by atoms with E-state index in [-0.39, 0.29) is 34.6 Å². The number of hydrogen-bond acceptors (Lipinski definition) is 14. The molecular weight excluding hydrogens is 879 g/mol. The lowest BCUT2D eigenvalue weighted by Crippen LogP contribution is -2.54. The van der Waals surface area contributed by atoms with Crippen molar-refractivity contribution in [2.24, 2.45) is 0 Å². The van der Waals surface area contributed by atoms with Crippen molar-refractivity contribution in [2.75, 3.05) is 96.5 Å². The molecule has 3 heterocycles. The van der Waals surface area contributed by atoms with E-state index in [1.807, 2.05) is 42.5 Å². The van der Waals surface area contributed by atoms with Crippen LogP contribution in [0.5, 0.6) is 23.0 Å². The zero-order chi connectivity index (χ0) is 47.1. The van der Waals surface area contributed by atoms with E-state index >= 15 is 0 Å². The molecular formula is C50H55N5O11S. The molecule has 2 N–H and O–H groups in total. The molecule has 0 spiro atoms. The van der Waals surface area contributed by atoms with Crippen LogP contribution >= 0.6 is 0 Å². The number of imide groups is 2. The summed E-state index contributed by atoms with van der Waals surface area (Å²) in [5.74, 6) is -0.0121. The maximum atomic E-state index is 13.3. The monoisotopic (exact) mass is 933 g/mol. The Bertz CT molecular complexity index is 2720. The molecule has 2 saturated heterocycles. The van der Waals surface area contributed by atoms with Crippen LogP contribution in [0.2, 0.25) is 0 Å². The van der Waals surface area contributed by atoms with Gasteiger partial charge in [0.2, 0.25) is 11.8 Å². The first-order chi connectivity index (χ1) is 32.4. The maximum Gasteiger partial charge on any atom is 0.262 e. The molecule has 67 heavy (non-hydrogen) atoms. The first-order valence-corrected chi connectivity index (χ1v) is 24.4. The van der Waals surface area contributed by atoms with Gasteiger partial charge in [-0.15, -0.1) is 0 Å². The van der Waals surface area contributed by atoms with Gasteiger partial charge in [0.05, 0.1) is 42.4 Å². The van der Waals surface area contributed by atoms with E-state index in [1.165, 1.54) is 6.26 Å². The first kappa shape index (κ1) is 47.1. The fourth-order valence-corrected chi connectivity index (χ4v) is 9.18. The van der Waals surface area contributed by atoms with Crippen molar-refractivity contribution in [1.29, 1.82) is 0 Å². The minimum absolute atomic E-state index is 0.0811. The van der Waals surface area contributed by atoms with Crippen molar-refractivity contribution in [2.45, 2.75) is 30.7 Å². The number of rotatable bonds is 20. The third-order valence-electron chi connectivity index (χ3n) is 12.4. The van der Waals surface area contributed by atoms with E-state index in [1.54, 1.807) is 54.6 Å². The summed E-state index contributed by atoms with van der Waals surface area (Å²) in [6.45, 7) is 11.0. The minimum atomic E-state index is -3.35. The number of carbonyl (C=O) groups excluding carboxylic acids is 4. The quantitative estimate of drug-likeness (QED) is 0.0751. The van der Waals surface area contributed by atoms with Crippen LogP contribution < -0.4 is 19.7 Å². The van der Waals surface area contributed by atoms with Gasteiger partial charge in [-0.1, -0.05) is 25.1 Å². The summed E-state index contributed by atoms with van der Waals surface area (Å²) in [6.07, 6.45) is 1.38. The maximum absolute atomic E-state index is 13.3. The van der Waals surface area contributed by atoms with Crippen molar-refractivity contribution in [3.8, 4) is 34.1 Å². The van der Waals surface area contributed by atoms with Gasteiger partial charge in [-0.05, 0) is 103 Å². The molecule has 16 nitrogen and oxygen atoms in total. The lowest BCUT2D eigenvalue weighted by atomic mass is 9.99. The van der Waals surface area contributed by atoms with Crippen molar-refractivity contribution < 1.29 is 51.6 Å². The van der Waals surface area contributed by atoms with Gasteiger partial charge in [0, 0.05) is 75.1 Å². The highest BCUT2D eigenvalue weighted by molar-refractivity contribution is 7.90. The first-order valence-electron chi connectivity index (χ1n) is 22.5. The fourth-order valence-electron chi connectivity index (χ4n) is 8.54. The van der Waals surface area contributed by atoms with Gasteiger partial charge in [0.15, 0.2) is 9.84 Å². The van der Waals surface area contributed by atoms with Crippen LogP contribution in [0.25, 0.3) is 21.9 Å². The average molecular weight is 934 g/mol. The Labute approximate surface area is 389 Å². The lowest BCUT2D eigenvalue weighted by Gasteiger charge is -2.36. The number of phenols is 1. The van der Waals surface area contributed by atoms with Gasteiger partial charge in [-0.3, -0.25) is 39.2 Å². The second-order valence-corrected chi connectivity index (χ2v) is 18.7. The number of hydrogen-bond donors (Lipinski definition) is 2. The summed E-state index contributed by atoms with van der Waals surface area (Å²) in [7, 11) is -3.35. The average Bonchev–Trinajstić information content (AvgIpc) is 3.57. The molecule has 0 aromatic heterocycles. The summed E-state index contributed by atoms with van der Waals surface area (Å²) in [5, 5.41) is 13.9. The Morgan fingerprint density at radius 3 is 2.13 bits per heavy atom. The normalized spacial score (nSPS) is 16.8. The summed E-state index contributed by atoms with van der Waals surface area (Å²) < 4.78 is 48.4. The Kier molecular flexibility index (Phi) is 14.8. The van der Waals surface area contributed by atoms with Crippen LogP contribution in [-0.2, 0) is 28.9 Å². The highest BCUT2D eigenvalue weighted by atomic mass is 32.2. The molecule has 3 aliphatic rings. The number of sulfone groups is 1. The second-order valence-electron chi connectivity index (χ2n) is 16.7. The molecule has 3 aliphatic heterocycles. The summed E-state index contributed by atoms with van der Waals surface area (Å²) in [4.78, 5) is 58.4. The van der Waals surface area contributed by atoms with E-state index in [9.17, 15) is 32.7 Å². The summed E-state index contributed by atoms with van der Waals surface area (Å²) in [6, 6.07) is 27.2. The largest absolute Gasteiger partial charge is 0.508 e. The Morgan fingerprint density at radius 1 is 0.731 bits per heavy atom. The number of amides is 4. The third kappa shape index (κ3) is 11.3. The van der Waals surface area contributed by atoms with E-state index in [0.717, 1.165) is 84.8 Å². The van der Waals surface area contributed by atoms with Crippen LogP contribution in [0.3, 0.4) is 0 Å². The van der Waals surface area contributed by atoms with Crippen LogP contribution in [0.1, 0.15) is 40.5 Å². The molecule has 2 fully saturated rings. The molecule has 0 aliphatic carbocycles. The van der Waals surface area contributed by atoms with Crippen molar-refractivity contribution in [3.05, 3.63) is 108 Å². The number of aromatic hydroxyl groups is 1. The van der Waals surface area contributed by atoms with Gasteiger partial charge in [0.1, 0.15) is 35.6 Å². The number of piperidine rings is 1. The predicted molar refractivity (Wildman–Crippen MR) is 252 cm³/mol. The number of piperazine rings is 1. The van der Waals surface area contributed by atoms with Crippen molar-refractivity contribution in [1.82, 2.24) is 20.0 Å². The molecule has 4 amide bonds. The van der Waals surface area contributed by atoms with E-state index in [4.69, 9.17) is 18.9 Å². The highest BCUT2D eigenvalue weighted by Crippen LogP contribution is 2.41. The number of nitrogens with zero attached hydrogens (tertiary/aromatic N) is 4. The number of phenolic OH excluding ortho intramolecular Hbond substituents is 1. The van der Waals surface area contributed by atoms with Crippen LogP contribution in [0.15, 0.2) is 102 Å². The molecule has 0 saturated carbocycles. The molecule has 8 rings (SSSR count). The predicted octanol–water partition coefficient (Wildman–Crippen LogP) is 5.37. The number of fused-ring (bicyclic) bond motifs is 2. The van der Waals surface area contributed by atoms with Gasteiger partial charge in [-0.2, -0.15) is 0 Å². The lowest BCUT2D eigenvalue weighted by molar-refractivity contribution is -0.136. The number of ether oxygens (including phenoxy) is 4. The minimum Gasteiger partial charge on any atom is -0.508 e. The molecule has 0 bridgehead atoms. The number of likely N-dealkylation sites (N-methyl/N-ethyl adjacent to an activating group) is 1. The molecule has 352 valence electrons. The molecule has 17 heteroatoms. The Morgan fingerprint density at radius 2 is 1.42 bits per heavy atom. The van der Waals surface area contributed by atoms with Crippen molar-refractivity contribution >= 4 is 49.9 Å². The Balaban J connectivity index is 0.712. The summed E-state index contributed by atoms with van der Waals surface area (Å²) >= 11 is 0. The number of benzene rings is 5.